The summed E-state index contributed by atoms with van der Waals surface area (Å²) in [7, 11) is 1.77. The van der Waals surface area contributed by atoms with E-state index >= 15 is 0 Å². The van der Waals surface area contributed by atoms with Crippen LogP contribution in [0.25, 0.3) is 0 Å². The maximum atomic E-state index is 12.6. The zero-order chi connectivity index (χ0) is 16.3. The van der Waals surface area contributed by atoms with E-state index in [4.69, 9.17) is 9.15 Å². The van der Waals surface area contributed by atoms with Crippen LogP contribution in [-0.2, 0) is 4.74 Å². The number of likely N-dealkylation sites (tertiary alicyclic amines) is 2. The Kier molecular flexibility index (Phi) is 5.07. The van der Waals surface area contributed by atoms with E-state index in [9.17, 15) is 4.79 Å². The van der Waals surface area contributed by atoms with Gasteiger partial charge in [0.15, 0.2) is 5.76 Å². The summed E-state index contributed by atoms with van der Waals surface area (Å²) < 4.78 is 10.8. The summed E-state index contributed by atoms with van der Waals surface area (Å²) in [6.45, 7) is 6.48. The second-order valence-electron chi connectivity index (χ2n) is 6.86. The summed E-state index contributed by atoms with van der Waals surface area (Å²) in [4.78, 5) is 17.2. The lowest BCUT2D eigenvalue weighted by atomic mass is 9.88. The molecule has 1 spiro atoms. The molecular formula is C18H28N2O3. The predicted octanol–water partition coefficient (Wildman–Crippen LogP) is 2.70. The maximum absolute atomic E-state index is 12.6. The van der Waals surface area contributed by atoms with Gasteiger partial charge in [0.1, 0.15) is 5.76 Å². The Hall–Kier alpha value is -1.33. The van der Waals surface area contributed by atoms with E-state index in [1.807, 2.05) is 17.9 Å². The number of carbonyl (C=O) groups excluding carboxylic acids is 1. The highest BCUT2D eigenvalue weighted by Gasteiger charge is 2.41. The number of aryl methyl sites for hydroxylation is 1. The van der Waals surface area contributed by atoms with E-state index in [0.717, 1.165) is 51.4 Å². The predicted molar refractivity (Wildman–Crippen MR) is 88.6 cm³/mol. The van der Waals surface area contributed by atoms with Gasteiger partial charge in [0, 0.05) is 32.3 Å². The van der Waals surface area contributed by atoms with E-state index in [-0.39, 0.29) is 11.4 Å². The molecule has 1 amide bonds. The summed E-state index contributed by atoms with van der Waals surface area (Å²) in [6, 6.07) is 3.65. The van der Waals surface area contributed by atoms with Gasteiger partial charge in [0.05, 0.1) is 6.61 Å². The van der Waals surface area contributed by atoms with Crippen molar-refractivity contribution in [3.05, 3.63) is 23.7 Å². The Morgan fingerprint density at radius 2 is 2.00 bits per heavy atom. The molecule has 0 unspecified atom stereocenters. The molecule has 3 heterocycles. The lowest BCUT2D eigenvalue weighted by Gasteiger charge is -2.38. The maximum Gasteiger partial charge on any atom is 0.289 e. The third-order valence-corrected chi connectivity index (χ3v) is 5.46. The van der Waals surface area contributed by atoms with Crippen LogP contribution in [0.5, 0.6) is 0 Å². The van der Waals surface area contributed by atoms with Gasteiger partial charge in [0.2, 0.25) is 0 Å². The number of furan rings is 1. The van der Waals surface area contributed by atoms with Crippen LogP contribution in [0.2, 0.25) is 0 Å². The van der Waals surface area contributed by atoms with Gasteiger partial charge in [-0.05, 0) is 57.7 Å². The first-order valence-corrected chi connectivity index (χ1v) is 8.74. The lowest BCUT2D eigenvalue weighted by Crippen LogP contribution is -2.46. The smallest absolute Gasteiger partial charge is 0.289 e. The van der Waals surface area contributed by atoms with Gasteiger partial charge in [0.25, 0.3) is 5.91 Å². The third kappa shape index (κ3) is 3.45. The van der Waals surface area contributed by atoms with Crippen molar-refractivity contribution in [1.82, 2.24) is 9.80 Å². The van der Waals surface area contributed by atoms with E-state index in [2.05, 4.69) is 4.90 Å². The lowest BCUT2D eigenvalue weighted by molar-refractivity contribution is 0.0674. The zero-order valence-corrected chi connectivity index (χ0v) is 14.3. The summed E-state index contributed by atoms with van der Waals surface area (Å²) in [5.41, 5.74) is 0.270. The SMILES string of the molecule is COCCN1CCC[C@@]12CCCN(C(=O)c1ccc(C)o1)CC2. The Balaban J connectivity index is 1.65. The number of ether oxygens (including phenoxy) is 1. The molecule has 0 aromatic carbocycles. The molecule has 3 rings (SSSR count). The molecule has 1 atom stereocenters. The second-order valence-corrected chi connectivity index (χ2v) is 6.86. The van der Waals surface area contributed by atoms with Crippen LogP contribution < -0.4 is 0 Å². The van der Waals surface area contributed by atoms with Crippen molar-refractivity contribution >= 4 is 5.91 Å². The van der Waals surface area contributed by atoms with Crippen LogP contribution in [-0.4, -0.2) is 61.1 Å². The Bertz CT molecular complexity index is 542. The molecule has 2 fully saturated rings. The number of methoxy groups -OCH3 is 1. The molecule has 2 saturated heterocycles. The minimum atomic E-state index is 0.0385. The topological polar surface area (TPSA) is 45.9 Å². The number of hydrogen-bond acceptors (Lipinski definition) is 4. The molecule has 0 aliphatic carbocycles. The van der Waals surface area contributed by atoms with E-state index < -0.39 is 0 Å². The van der Waals surface area contributed by atoms with Gasteiger partial charge in [-0.1, -0.05) is 0 Å². The van der Waals surface area contributed by atoms with Gasteiger partial charge < -0.3 is 14.1 Å². The van der Waals surface area contributed by atoms with Gasteiger partial charge >= 0.3 is 0 Å². The van der Waals surface area contributed by atoms with E-state index in [0.29, 0.717) is 5.76 Å². The highest BCUT2D eigenvalue weighted by molar-refractivity contribution is 5.91. The molecule has 2 aliphatic heterocycles. The molecule has 0 bridgehead atoms. The second kappa shape index (κ2) is 7.05. The summed E-state index contributed by atoms with van der Waals surface area (Å²) in [5, 5.41) is 0. The summed E-state index contributed by atoms with van der Waals surface area (Å²) >= 11 is 0. The van der Waals surface area contributed by atoms with Crippen LogP contribution in [0.15, 0.2) is 16.5 Å². The summed E-state index contributed by atoms with van der Waals surface area (Å²) in [6.07, 6.45) is 5.81. The largest absolute Gasteiger partial charge is 0.456 e. The van der Waals surface area contributed by atoms with Crippen molar-refractivity contribution in [2.45, 2.75) is 44.6 Å². The molecule has 2 aliphatic rings. The fourth-order valence-corrected chi connectivity index (χ4v) is 4.20. The Labute approximate surface area is 138 Å². The molecule has 0 saturated carbocycles. The quantitative estimate of drug-likeness (QED) is 0.856. The van der Waals surface area contributed by atoms with Gasteiger partial charge in [-0.2, -0.15) is 0 Å². The molecule has 5 nitrogen and oxygen atoms in total. The molecule has 0 N–H and O–H groups in total. The van der Waals surface area contributed by atoms with E-state index in [1.165, 1.54) is 19.3 Å². The van der Waals surface area contributed by atoms with Crippen molar-refractivity contribution in [2.24, 2.45) is 0 Å². The minimum absolute atomic E-state index is 0.0385. The summed E-state index contributed by atoms with van der Waals surface area (Å²) in [5.74, 6) is 1.30. The fourth-order valence-electron chi connectivity index (χ4n) is 4.20. The number of carbonyl (C=O) groups is 1. The highest BCUT2D eigenvalue weighted by Crippen LogP contribution is 2.38. The molecule has 1 aromatic heterocycles. The Morgan fingerprint density at radius 1 is 1.22 bits per heavy atom. The molecular weight excluding hydrogens is 292 g/mol. The van der Waals surface area contributed by atoms with Gasteiger partial charge in [-0.25, -0.2) is 0 Å². The Morgan fingerprint density at radius 3 is 2.70 bits per heavy atom. The molecule has 23 heavy (non-hydrogen) atoms. The number of rotatable bonds is 4. The number of nitrogens with zero attached hydrogens (tertiary/aromatic N) is 2. The van der Waals surface area contributed by atoms with E-state index in [1.54, 1.807) is 13.2 Å². The highest BCUT2D eigenvalue weighted by atomic mass is 16.5. The average Bonchev–Trinajstić information content (AvgIpc) is 3.07. The first-order chi connectivity index (χ1) is 11.1. The third-order valence-electron chi connectivity index (χ3n) is 5.46. The van der Waals surface area contributed by atoms with Crippen molar-refractivity contribution in [2.75, 3.05) is 39.9 Å². The molecule has 1 aromatic rings. The van der Waals surface area contributed by atoms with Gasteiger partial charge in [-0.15, -0.1) is 0 Å². The zero-order valence-electron chi connectivity index (χ0n) is 14.3. The normalized spacial score (nSPS) is 25.9. The number of hydrogen-bond donors (Lipinski definition) is 0. The van der Waals surface area contributed by atoms with Crippen LogP contribution in [0, 0.1) is 6.92 Å². The molecule has 128 valence electrons. The van der Waals surface area contributed by atoms with Crippen LogP contribution in [0.1, 0.15) is 48.4 Å². The average molecular weight is 320 g/mol. The standard InChI is InChI=1S/C18H28N2O3/c1-15-5-6-16(23-15)17(21)19-10-3-7-18(9-12-19)8-4-11-20(18)13-14-22-2/h5-6H,3-4,7-14H2,1-2H3/t18-/m1/s1. The number of amides is 1. The van der Waals surface area contributed by atoms with Crippen LogP contribution in [0.3, 0.4) is 0 Å². The molecule has 0 radical (unpaired) electrons. The minimum Gasteiger partial charge on any atom is -0.456 e. The first kappa shape index (κ1) is 16.5. The van der Waals surface area contributed by atoms with Crippen molar-refractivity contribution in [3.8, 4) is 0 Å². The van der Waals surface area contributed by atoms with Crippen molar-refractivity contribution in [3.63, 3.8) is 0 Å². The van der Waals surface area contributed by atoms with Crippen molar-refractivity contribution in [1.29, 1.82) is 0 Å². The molecule has 5 heteroatoms. The van der Waals surface area contributed by atoms with Crippen LogP contribution >= 0.6 is 0 Å². The van der Waals surface area contributed by atoms with Crippen LogP contribution in [0.4, 0.5) is 0 Å². The monoisotopic (exact) mass is 320 g/mol. The van der Waals surface area contributed by atoms with Gasteiger partial charge in [-0.3, -0.25) is 9.69 Å². The van der Waals surface area contributed by atoms with Crippen molar-refractivity contribution < 1.29 is 13.9 Å². The fraction of sp³-hybridized carbons (Fsp3) is 0.722. The first-order valence-electron chi connectivity index (χ1n) is 8.74.